The van der Waals surface area contributed by atoms with E-state index < -0.39 is 0 Å². The second-order valence-corrected chi connectivity index (χ2v) is 36.8. The molecule has 2 aliphatic carbocycles. The predicted octanol–water partition coefficient (Wildman–Crippen LogP) is 27.8. The van der Waals surface area contributed by atoms with E-state index in [2.05, 4.69) is 287 Å². The summed E-state index contributed by atoms with van der Waals surface area (Å²) in [5.74, 6) is 3.83. The number of hydrogen-bond donors (Lipinski definition) is 0. The normalized spacial score (nSPS) is 15.2. The van der Waals surface area contributed by atoms with Crippen molar-refractivity contribution in [1.82, 2.24) is 0 Å². The van der Waals surface area contributed by atoms with E-state index in [1.807, 2.05) is 0 Å². The Morgan fingerprint density at radius 1 is 0.400 bits per heavy atom. The van der Waals surface area contributed by atoms with Crippen LogP contribution in [0.4, 0.5) is 0 Å². The zero-order valence-corrected chi connectivity index (χ0v) is 60.4. The minimum absolute atomic E-state index is 0.404. The van der Waals surface area contributed by atoms with Gasteiger partial charge in [0.2, 0.25) is 0 Å². The quantitative estimate of drug-likeness (QED) is 0.243. The van der Waals surface area contributed by atoms with E-state index in [9.17, 15) is 0 Å². The predicted molar refractivity (Wildman–Crippen MR) is 357 cm³/mol. The van der Waals surface area contributed by atoms with Crippen molar-refractivity contribution in [2.75, 3.05) is 0 Å². The molecule has 2 aliphatic rings. The second-order valence-electron chi connectivity index (χ2n) is 36.8. The molecular formula is C75H156. The van der Waals surface area contributed by atoms with Crippen molar-refractivity contribution in [2.24, 2.45) is 77.8 Å². The van der Waals surface area contributed by atoms with E-state index in [0.717, 1.165) is 30.1 Å². The smallest absolute Gasteiger partial charge is 0.0230 e. The highest BCUT2D eigenvalue weighted by Gasteiger charge is 2.27. The Morgan fingerprint density at radius 2 is 0.760 bits per heavy atom. The molecule has 456 valence electrons. The van der Waals surface area contributed by atoms with E-state index in [-0.39, 0.29) is 0 Å². The number of benzene rings is 1. The van der Waals surface area contributed by atoms with E-state index in [1.54, 1.807) is 0 Å². The number of hydrogen-bond acceptors (Lipinski definition) is 0. The minimum Gasteiger partial charge on any atom is -0.0654 e. The molecular weight excluding hydrogens is 901 g/mol. The van der Waals surface area contributed by atoms with Gasteiger partial charge in [0.05, 0.1) is 0 Å². The Balaban J connectivity index is -0.000000180. The molecule has 0 saturated heterocycles. The van der Waals surface area contributed by atoms with Crippen molar-refractivity contribution in [1.29, 1.82) is 0 Å². The molecule has 0 amide bonds. The van der Waals surface area contributed by atoms with Crippen molar-refractivity contribution in [3.05, 3.63) is 35.9 Å². The molecule has 0 aliphatic heterocycles. The first kappa shape index (κ1) is 85.5. The monoisotopic (exact) mass is 1060 g/mol. The summed E-state index contributed by atoms with van der Waals surface area (Å²) in [7, 11) is 0. The Kier molecular flexibility index (Phi) is 46.1. The molecule has 0 bridgehead atoms. The number of rotatable bonds is 8. The second kappa shape index (κ2) is 40.4. The Labute approximate surface area is 483 Å². The Hall–Kier alpha value is -0.780. The highest BCUT2D eigenvalue weighted by molar-refractivity contribution is 5.15. The van der Waals surface area contributed by atoms with Gasteiger partial charge in [0, 0.05) is 0 Å². The average Bonchev–Trinajstić information content (AvgIpc) is 3.93. The van der Waals surface area contributed by atoms with Crippen LogP contribution in [0.15, 0.2) is 30.3 Å². The van der Waals surface area contributed by atoms with Crippen molar-refractivity contribution >= 4 is 0 Å². The lowest BCUT2D eigenvalue weighted by Gasteiger charge is -2.28. The first-order valence-electron chi connectivity index (χ1n) is 32.0. The molecule has 1 atom stereocenters. The summed E-state index contributed by atoms with van der Waals surface area (Å²) in [6, 6.07) is 10.6. The van der Waals surface area contributed by atoms with Crippen LogP contribution in [0.5, 0.6) is 0 Å². The van der Waals surface area contributed by atoms with Crippen LogP contribution in [0.2, 0.25) is 0 Å². The van der Waals surface area contributed by atoms with Gasteiger partial charge in [-0.15, -0.1) is 0 Å². The van der Waals surface area contributed by atoms with Gasteiger partial charge in [-0.1, -0.05) is 357 Å². The molecule has 0 heterocycles. The summed E-state index contributed by atoms with van der Waals surface area (Å²) in [5, 5.41) is 0. The lowest BCUT2D eigenvalue weighted by Crippen LogP contribution is -2.16. The minimum atomic E-state index is 0.404. The molecule has 0 nitrogen and oxygen atoms in total. The van der Waals surface area contributed by atoms with Crippen LogP contribution in [0.1, 0.15) is 371 Å². The Morgan fingerprint density at radius 3 is 0.907 bits per heavy atom. The van der Waals surface area contributed by atoms with Gasteiger partial charge in [0.1, 0.15) is 0 Å². The van der Waals surface area contributed by atoms with Gasteiger partial charge < -0.3 is 0 Å². The third kappa shape index (κ3) is 99.1. The molecule has 3 rings (SSSR count). The highest BCUT2D eigenvalue weighted by atomic mass is 14.3. The van der Waals surface area contributed by atoms with Crippen molar-refractivity contribution < 1.29 is 0 Å². The number of unbranched alkanes of at least 4 members (excludes halogenated alkanes) is 1. The van der Waals surface area contributed by atoms with Crippen LogP contribution in [0.3, 0.4) is 0 Å². The van der Waals surface area contributed by atoms with E-state index in [4.69, 9.17) is 0 Å². The highest BCUT2D eigenvalue weighted by Crippen LogP contribution is 2.40. The largest absolute Gasteiger partial charge is 0.0654 e. The van der Waals surface area contributed by atoms with Gasteiger partial charge in [0.25, 0.3) is 0 Å². The fraction of sp³-hybridized carbons (Fsp3) is 0.920. The molecule has 0 N–H and O–H groups in total. The third-order valence-corrected chi connectivity index (χ3v) is 12.3. The molecule has 2 saturated carbocycles. The van der Waals surface area contributed by atoms with E-state index in [1.165, 1.54) is 115 Å². The van der Waals surface area contributed by atoms with Crippen LogP contribution in [-0.4, -0.2) is 0 Å². The molecule has 2 fully saturated rings. The van der Waals surface area contributed by atoms with Gasteiger partial charge in [-0.3, -0.25) is 0 Å². The maximum atomic E-state index is 2.36. The van der Waals surface area contributed by atoms with Gasteiger partial charge >= 0.3 is 0 Å². The van der Waals surface area contributed by atoms with Crippen LogP contribution >= 0.6 is 0 Å². The molecule has 0 heteroatoms. The fourth-order valence-electron chi connectivity index (χ4n) is 9.54. The average molecular weight is 1060 g/mol. The standard InChI is InChI=1S/C11H22.C11H16.C9H20.C8H16.3C8H18.C7H16.C5H12/c2*1-11(2,3)9-10-7-5-4-6-8-10;1-8(2,3)7-9(4,5)6;1-8(2,3)6-7-4-5-7;1-7(2)6-8(3,4)5;1-6-7(2)8(3,4)5;1-5-6-7-8(2,3)4;1-5-6-7(2,3)4;1-5(2,3)4/h10H,4-9H2,1-3H3;4-8H,9H2,1-3H3;7H2,1-6H3;7H,4-6H2,1-3H3;2*7H,6H2,1-5H3;5-7H2,1-4H3;5-6H2,1-4H3;1-4H3. The SMILES string of the molecule is CC(C)(C)C.CC(C)(C)CC(C)(C)C.CC(C)(C)CC1CC1.CC(C)(C)CC1CCCCC1.CC(C)(C)Cc1ccccc1.CC(C)CC(C)(C)C.CCC(C)C(C)(C)C.CCCC(C)(C)C.CCCCC(C)(C)C. The van der Waals surface area contributed by atoms with Crippen LogP contribution in [-0.2, 0) is 6.42 Å². The van der Waals surface area contributed by atoms with Crippen molar-refractivity contribution in [3.8, 4) is 0 Å². The summed E-state index contributed by atoms with van der Waals surface area (Å²) < 4.78 is 0. The first-order valence-corrected chi connectivity index (χ1v) is 32.0. The summed E-state index contributed by atoms with van der Waals surface area (Å²) >= 11 is 0. The maximum absolute atomic E-state index is 2.36. The molecule has 1 unspecified atom stereocenters. The van der Waals surface area contributed by atoms with Crippen molar-refractivity contribution in [3.63, 3.8) is 0 Å². The van der Waals surface area contributed by atoms with Gasteiger partial charge in [0.15, 0.2) is 0 Å². The summed E-state index contributed by atoms with van der Waals surface area (Å²) in [6.45, 7) is 84.3. The van der Waals surface area contributed by atoms with Gasteiger partial charge in [-0.25, -0.2) is 0 Å². The van der Waals surface area contributed by atoms with Crippen molar-refractivity contribution in [2.45, 2.75) is 372 Å². The van der Waals surface area contributed by atoms with E-state index >= 15 is 0 Å². The Bertz CT molecular complexity index is 1300. The van der Waals surface area contributed by atoms with E-state index in [0.29, 0.717) is 54.1 Å². The van der Waals surface area contributed by atoms with Gasteiger partial charge in [-0.2, -0.15) is 0 Å². The summed E-state index contributed by atoms with van der Waals surface area (Å²) in [5.41, 5.74) is 6.58. The molecule has 0 aromatic heterocycles. The molecule has 0 radical (unpaired) electrons. The van der Waals surface area contributed by atoms with Gasteiger partial charge in [-0.05, 0) is 128 Å². The summed E-state index contributed by atoms with van der Waals surface area (Å²) in [6.07, 6.45) is 25.1. The molecule has 75 heavy (non-hydrogen) atoms. The van der Waals surface area contributed by atoms with Crippen LogP contribution in [0.25, 0.3) is 0 Å². The first-order chi connectivity index (χ1) is 33.0. The zero-order chi connectivity index (χ0) is 61.2. The maximum Gasteiger partial charge on any atom is -0.0230 e. The molecule has 1 aromatic carbocycles. The third-order valence-electron chi connectivity index (χ3n) is 12.3. The van der Waals surface area contributed by atoms with Crippen LogP contribution in [0, 0.1) is 77.8 Å². The van der Waals surface area contributed by atoms with Crippen LogP contribution < -0.4 is 0 Å². The molecule has 0 spiro atoms. The lowest BCUT2D eigenvalue weighted by molar-refractivity contribution is 0.233. The topological polar surface area (TPSA) is 0 Å². The zero-order valence-electron chi connectivity index (χ0n) is 60.4. The molecule has 1 aromatic rings. The fourth-order valence-corrected chi connectivity index (χ4v) is 9.54. The summed E-state index contributed by atoms with van der Waals surface area (Å²) in [4.78, 5) is 0. The lowest BCUT2D eigenvalue weighted by atomic mass is 9.78.